The zero-order valence-corrected chi connectivity index (χ0v) is 9.01. The molecular weight excluding hydrogens is 176 g/mol. The van der Waals surface area contributed by atoms with Crippen LogP contribution in [0.5, 0.6) is 0 Å². The molecule has 0 aliphatic heterocycles. The maximum absolute atomic E-state index is 9.27. The van der Waals surface area contributed by atoms with Crippen molar-refractivity contribution in [3.63, 3.8) is 0 Å². The molecule has 0 saturated heterocycles. The van der Waals surface area contributed by atoms with Crippen LogP contribution in [0.3, 0.4) is 0 Å². The lowest BCUT2D eigenvalue weighted by atomic mass is 9.97. The summed E-state index contributed by atoms with van der Waals surface area (Å²) in [6.07, 6.45) is 5.95. The van der Waals surface area contributed by atoms with Crippen molar-refractivity contribution in [1.29, 1.82) is 0 Å². The Labute approximate surface area is 85.5 Å². The molecule has 0 aliphatic carbocycles. The van der Waals surface area contributed by atoms with Gasteiger partial charge >= 0.3 is 0 Å². The average Bonchev–Trinajstić information content (AvgIpc) is 2.68. The van der Waals surface area contributed by atoms with Crippen molar-refractivity contribution < 1.29 is 5.11 Å². The molecule has 80 valence electrons. The first-order valence-corrected chi connectivity index (χ1v) is 5.18. The van der Waals surface area contributed by atoms with E-state index in [0.29, 0.717) is 0 Å². The predicted octanol–water partition coefficient (Wildman–Crippen LogP) is 1.66. The van der Waals surface area contributed by atoms with Gasteiger partial charge in [0, 0.05) is 24.5 Å². The van der Waals surface area contributed by atoms with Gasteiger partial charge in [0.15, 0.2) is 0 Å². The van der Waals surface area contributed by atoms with E-state index in [1.54, 1.807) is 0 Å². The minimum absolute atomic E-state index is 0.147. The number of nitrogens with one attached hydrogen (secondary N) is 2. The highest BCUT2D eigenvalue weighted by atomic mass is 16.3. The van der Waals surface area contributed by atoms with Gasteiger partial charge in [-0.25, -0.2) is 0 Å². The van der Waals surface area contributed by atoms with Crippen molar-refractivity contribution in [3.8, 4) is 0 Å². The quantitative estimate of drug-likeness (QED) is 0.648. The first-order chi connectivity index (χ1) is 6.70. The van der Waals surface area contributed by atoms with Gasteiger partial charge in [-0.05, 0) is 25.0 Å². The highest BCUT2D eigenvalue weighted by Gasteiger charge is 2.20. The molecule has 0 aromatic carbocycles. The van der Waals surface area contributed by atoms with Gasteiger partial charge in [0.2, 0.25) is 0 Å². The van der Waals surface area contributed by atoms with Crippen LogP contribution in [0.2, 0.25) is 0 Å². The number of hydrogen-bond acceptors (Lipinski definition) is 2. The normalized spacial score (nSPS) is 15.4. The van der Waals surface area contributed by atoms with Crippen LogP contribution < -0.4 is 5.32 Å². The van der Waals surface area contributed by atoms with E-state index < -0.39 is 0 Å². The third kappa shape index (κ3) is 3.16. The topological polar surface area (TPSA) is 48.0 Å². The van der Waals surface area contributed by atoms with Crippen molar-refractivity contribution in [1.82, 2.24) is 10.3 Å². The molecule has 0 amide bonds. The molecule has 14 heavy (non-hydrogen) atoms. The minimum atomic E-state index is -0.147. The SMILES string of the molecule is CCCC(C)(CO)NCc1cc[nH]c1. The zero-order chi connectivity index (χ0) is 10.4. The van der Waals surface area contributed by atoms with Gasteiger partial charge in [-0.2, -0.15) is 0 Å². The number of aromatic nitrogens is 1. The number of aromatic amines is 1. The van der Waals surface area contributed by atoms with E-state index in [4.69, 9.17) is 0 Å². The van der Waals surface area contributed by atoms with Crippen LogP contribution in [0.1, 0.15) is 32.3 Å². The van der Waals surface area contributed by atoms with E-state index in [1.165, 1.54) is 5.56 Å². The van der Waals surface area contributed by atoms with Gasteiger partial charge in [-0.3, -0.25) is 0 Å². The first-order valence-electron chi connectivity index (χ1n) is 5.18. The van der Waals surface area contributed by atoms with E-state index in [9.17, 15) is 5.11 Å². The molecule has 1 rings (SSSR count). The summed E-state index contributed by atoms with van der Waals surface area (Å²) in [6, 6.07) is 2.04. The molecule has 0 radical (unpaired) electrons. The molecular formula is C11H20N2O. The molecule has 0 fully saturated rings. The van der Waals surface area contributed by atoms with Crippen LogP contribution in [-0.2, 0) is 6.54 Å². The Morgan fingerprint density at radius 1 is 1.57 bits per heavy atom. The molecule has 3 heteroatoms. The van der Waals surface area contributed by atoms with Crippen molar-refractivity contribution in [2.75, 3.05) is 6.61 Å². The Hall–Kier alpha value is -0.800. The molecule has 0 aliphatic rings. The summed E-state index contributed by atoms with van der Waals surface area (Å²) in [5.74, 6) is 0. The summed E-state index contributed by atoms with van der Waals surface area (Å²) in [6.45, 7) is 5.18. The number of aliphatic hydroxyl groups excluding tert-OH is 1. The largest absolute Gasteiger partial charge is 0.394 e. The average molecular weight is 196 g/mol. The van der Waals surface area contributed by atoms with Gasteiger partial charge in [0.05, 0.1) is 6.61 Å². The summed E-state index contributed by atoms with van der Waals surface area (Å²) in [5.41, 5.74) is 1.08. The van der Waals surface area contributed by atoms with Crippen LogP contribution in [0, 0.1) is 0 Å². The third-order valence-electron chi connectivity index (χ3n) is 2.53. The minimum Gasteiger partial charge on any atom is -0.394 e. The molecule has 0 spiro atoms. The van der Waals surface area contributed by atoms with Crippen molar-refractivity contribution in [2.45, 2.75) is 38.8 Å². The standard InChI is InChI=1S/C11H20N2O/c1-3-5-11(2,9-14)13-8-10-4-6-12-7-10/h4,6-7,12-14H,3,5,8-9H2,1-2H3. The van der Waals surface area contributed by atoms with E-state index in [2.05, 4.69) is 24.1 Å². The van der Waals surface area contributed by atoms with Gasteiger partial charge < -0.3 is 15.4 Å². The number of aliphatic hydroxyl groups is 1. The molecule has 3 N–H and O–H groups in total. The van der Waals surface area contributed by atoms with Crippen LogP contribution in [0.25, 0.3) is 0 Å². The molecule has 3 nitrogen and oxygen atoms in total. The first kappa shape index (κ1) is 11.3. The number of rotatable bonds is 6. The van der Waals surface area contributed by atoms with Crippen LogP contribution in [-0.4, -0.2) is 22.2 Å². The lowest BCUT2D eigenvalue weighted by Gasteiger charge is -2.28. The fourth-order valence-electron chi connectivity index (χ4n) is 1.56. The van der Waals surface area contributed by atoms with Crippen molar-refractivity contribution in [2.24, 2.45) is 0 Å². The highest BCUT2D eigenvalue weighted by molar-refractivity contribution is 5.08. The van der Waals surface area contributed by atoms with Gasteiger partial charge in [0.25, 0.3) is 0 Å². The van der Waals surface area contributed by atoms with Crippen LogP contribution in [0.4, 0.5) is 0 Å². The predicted molar refractivity (Wildman–Crippen MR) is 58.0 cm³/mol. The van der Waals surface area contributed by atoms with Gasteiger partial charge in [-0.15, -0.1) is 0 Å². The molecule has 1 unspecified atom stereocenters. The second-order valence-corrected chi connectivity index (χ2v) is 4.04. The second-order valence-electron chi connectivity index (χ2n) is 4.04. The summed E-state index contributed by atoms with van der Waals surface area (Å²) in [7, 11) is 0. The van der Waals surface area contributed by atoms with Gasteiger partial charge in [0.1, 0.15) is 0 Å². The van der Waals surface area contributed by atoms with E-state index in [1.807, 2.05) is 18.5 Å². The monoisotopic (exact) mass is 196 g/mol. The lowest BCUT2D eigenvalue weighted by molar-refractivity contribution is 0.163. The Morgan fingerprint density at radius 2 is 2.36 bits per heavy atom. The van der Waals surface area contributed by atoms with Crippen LogP contribution >= 0.6 is 0 Å². The number of hydrogen-bond donors (Lipinski definition) is 3. The maximum Gasteiger partial charge on any atom is 0.0610 e. The molecule has 1 atom stereocenters. The Balaban J connectivity index is 2.41. The van der Waals surface area contributed by atoms with E-state index in [0.717, 1.165) is 19.4 Å². The van der Waals surface area contributed by atoms with Crippen molar-refractivity contribution >= 4 is 0 Å². The maximum atomic E-state index is 9.27. The zero-order valence-electron chi connectivity index (χ0n) is 9.01. The molecule has 0 bridgehead atoms. The highest BCUT2D eigenvalue weighted by Crippen LogP contribution is 2.12. The third-order valence-corrected chi connectivity index (χ3v) is 2.53. The molecule has 1 aromatic heterocycles. The van der Waals surface area contributed by atoms with E-state index >= 15 is 0 Å². The van der Waals surface area contributed by atoms with E-state index in [-0.39, 0.29) is 12.1 Å². The summed E-state index contributed by atoms with van der Waals surface area (Å²) in [5, 5.41) is 12.7. The summed E-state index contributed by atoms with van der Waals surface area (Å²) < 4.78 is 0. The number of H-pyrrole nitrogens is 1. The Bertz CT molecular complexity index is 246. The van der Waals surface area contributed by atoms with Crippen molar-refractivity contribution in [3.05, 3.63) is 24.0 Å². The van der Waals surface area contributed by atoms with Gasteiger partial charge in [-0.1, -0.05) is 13.3 Å². The van der Waals surface area contributed by atoms with Crippen LogP contribution in [0.15, 0.2) is 18.5 Å². The molecule has 0 saturated carbocycles. The second kappa shape index (κ2) is 5.17. The fraction of sp³-hybridized carbons (Fsp3) is 0.636. The summed E-state index contributed by atoms with van der Waals surface area (Å²) >= 11 is 0. The summed E-state index contributed by atoms with van der Waals surface area (Å²) in [4.78, 5) is 3.01. The molecule has 1 aromatic rings. The molecule has 1 heterocycles. The Morgan fingerprint density at radius 3 is 2.86 bits per heavy atom. The lowest BCUT2D eigenvalue weighted by Crippen LogP contribution is -2.45. The fourth-order valence-corrected chi connectivity index (χ4v) is 1.56. The smallest absolute Gasteiger partial charge is 0.0610 e. The Kier molecular flexibility index (Phi) is 4.17.